The van der Waals surface area contributed by atoms with E-state index >= 15 is 0 Å². The molecule has 15 heavy (non-hydrogen) atoms. The van der Waals surface area contributed by atoms with Crippen LogP contribution in [0.15, 0.2) is 18.2 Å². The Kier molecular flexibility index (Phi) is 4.12. The van der Waals surface area contributed by atoms with E-state index in [1.54, 1.807) is 0 Å². The van der Waals surface area contributed by atoms with Gasteiger partial charge in [-0.15, -0.1) is 0 Å². The zero-order chi connectivity index (χ0) is 11.3. The summed E-state index contributed by atoms with van der Waals surface area (Å²) in [4.78, 5) is 11.2. The van der Waals surface area contributed by atoms with Gasteiger partial charge >= 0.3 is 6.03 Å². The molecule has 0 aromatic heterocycles. The van der Waals surface area contributed by atoms with Gasteiger partial charge in [-0.3, -0.25) is 0 Å². The molecule has 0 saturated heterocycles. The lowest BCUT2D eigenvalue weighted by atomic mass is 10.1. The van der Waals surface area contributed by atoms with E-state index in [9.17, 15) is 4.79 Å². The number of anilines is 1. The normalized spacial score (nSPS) is 9.80. The lowest BCUT2D eigenvalue weighted by molar-refractivity contribution is 0.245. The lowest BCUT2D eigenvalue weighted by Gasteiger charge is -2.08. The van der Waals surface area contributed by atoms with Crippen molar-refractivity contribution in [3.63, 3.8) is 0 Å². The van der Waals surface area contributed by atoms with Crippen LogP contribution in [0.3, 0.4) is 0 Å². The standard InChI is InChI=1S/C11H16N2O2/c1-8-3-4-10(7-9(8)2)13-11(15)12-5-6-14/h3-4,7,14H,5-6H2,1-2H3,(H2,12,13,15). The van der Waals surface area contributed by atoms with Gasteiger partial charge < -0.3 is 15.7 Å². The molecule has 4 nitrogen and oxygen atoms in total. The quantitative estimate of drug-likeness (QED) is 0.703. The van der Waals surface area contributed by atoms with E-state index in [-0.39, 0.29) is 19.2 Å². The Hall–Kier alpha value is -1.55. The molecule has 1 aromatic rings. The Morgan fingerprint density at radius 1 is 1.33 bits per heavy atom. The molecule has 0 saturated carbocycles. The molecule has 0 radical (unpaired) electrons. The molecular weight excluding hydrogens is 192 g/mol. The number of urea groups is 1. The average Bonchev–Trinajstić information content (AvgIpc) is 2.20. The Morgan fingerprint density at radius 3 is 2.67 bits per heavy atom. The summed E-state index contributed by atoms with van der Waals surface area (Å²) >= 11 is 0. The van der Waals surface area contributed by atoms with Crippen LogP contribution in [0.2, 0.25) is 0 Å². The van der Waals surface area contributed by atoms with E-state index in [0.717, 1.165) is 11.3 Å². The fourth-order valence-electron chi connectivity index (χ4n) is 1.16. The van der Waals surface area contributed by atoms with Crippen molar-refractivity contribution in [3.05, 3.63) is 29.3 Å². The zero-order valence-corrected chi connectivity index (χ0v) is 9.00. The van der Waals surface area contributed by atoms with Gasteiger partial charge in [0.05, 0.1) is 6.61 Å². The maximum absolute atomic E-state index is 11.2. The number of carbonyl (C=O) groups excluding carboxylic acids is 1. The van der Waals surface area contributed by atoms with Gasteiger partial charge in [0.15, 0.2) is 0 Å². The van der Waals surface area contributed by atoms with Gasteiger partial charge in [-0.05, 0) is 37.1 Å². The van der Waals surface area contributed by atoms with Crippen LogP contribution in [-0.4, -0.2) is 24.3 Å². The second-order valence-electron chi connectivity index (χ2n) is 3.40. The summed E-state index contributed by atoms with van der Waals surface area (Å²) in [6.45, 7) is 4.22. The smallest absolute Gasteiger partial charge is 0.319 e. The predicted octanol–water partition coefficient (Wildman–Crippen LogP) is 1.42. The highest BCUT2D eigenvalue weighted by Gasteiger charge is 2.01. The zero-order valence-electron chi connectivity index (χ0n) is 9.00. The van der Waals surface area contributed by atoms with Crippen LogP contribution in [-0.2, 0) is 0 Å². The van der Waals surface area contributed by atoms with Crippen LogP contribution in [0, 0.1) is 13.8 Å². The van der Waals surface area contributed by atoms with E-state index in [1.165, 1.54) is 5.56 Å². The van der Waals surface area contributed by atoms with Crippen molar-refractivity contribution in [1.29, 1.82) is 0 Å². The van der Waals surface area contributed by atoms with Gasteiger partial charge in [-0.2, -0.15) is 0 Å². The average molecular weight is 208 g/mol. The first-order chi connectivity index (χ1) is 7.13. The molecular formula is C11H16N2O2. The van der Waals surface area contributed by atoms with Gasteiger partial charge in [-0.25, -0.2) is 4.79 Å². The molecule has 0 aliphatic carbocycles. The number of amides is 2. The third-order valence-electron chi connectivity index (χ3n) is 2.16. The summed E-state index contributed by atoms with van der Waals surface area (Å²) in [5, 5.41) is 13.7. The van der Waals surface area contributed by atoms with Gasteiger partial charge in [0.25, 0.3) is 0 Å². The summed E-state index contributed by atoms with van der Waals surface area (Å²) in [7, 11) is 0. The Morgan fingerprint density at radius 2 is 2.07 bits per heavy atom. The van der Waals surface area contributed by atoms with E-state index in [1.807, 2.05) is 32.0 Å². The highest BCUT2D eigenvalue weighted by molar-refractivity contribution is 5.89. The molecule has 2 amide bonds. The van der Waals surface area contributed by atoms with Crippen LogP contribution >= 0.6 is 0 Å². The van der Waals surface area contributed by atoms with Gasteiger partial charge in [0, 0.05) is 12.2 Å². The largest absolute Gasteiger partial charge is 0.395 e. The molecule has 3 N–H and O–H groups in total. The highest BCUT2D eigenvalue weighted by atomic mass is 16.3. The van der Waals surface area contributed by atoms with Crippen LogP contribution in [0.25, 0.3) is 0 Å². The Balaban J connectivity index is 2.57. The highest BCUT2D eigenvalue weighted by Crippen LogP contribution is 2.13. The van der Waals surface area contributed by atoms with E-state index < -0.39 is 0 Å². The minimum atomic E-state index is -0.299. The number of hydrogen-bond acceptors (Lipinski definition) is 2. The molecule has 0 spiro atoms. The lowest BCUT2D eigenvalue weighted by Crippen LogP contribution is -2.30. The third kappa shape index (κ3) is 3.59. The monoisotopic (exact) mass is 208 g/mol. The van der Waals surface area contributed by atoms with Gasteiger partial charge in [0.1, 0.15) is 0 Å². The molecule has 4 heteroatoms. The minimum absolute atomic E-state index is 0.0552. The summed E-state index contributed by atoms with van der Waals surface area (Å²) < 4.78 is 0. The van der Waals surface area contributed by atoms with Crippen molar-refractivity contribution in [2.45, 2.75) is 13.8 Å². The molecule has 0 unspecified atom stereocenters. The number of nitrogens with one attached hydrogen (secondary N) is 2. The van der Waals surface area contributed by atoms with Crippen molar-refractivity contribution in [2.24, 2.45) is 0 Å². The van der Waals surface area contributed by atoms with Gasteiger partial charge in [0.2, 0.25) is 0 Å². The molecule has 0 fully saturated rings. The summed E-state index contributed by atoms with van der Waals surface area (Å²) in [6.07, 6.45) is 0. The van der Waals surface area contributed by atoms with Crippen LogP contribution in [0.5, 0.6) is 0 Å². The first-order valence-electron chi connectivity index (χ1n) is 4.86. The number of hydrogen-bond donors (Lipinski definition) is 3. The third-order valence-corrected chi connectivity index (χ3v) is 2.16. The molecule has 0 heterocycles. The van der Waals surface area contributed by atoms with Crippen molar-refractivity contribution in [2.75, 3.05) is 18.5 Å². The summed E-state index contributed by atoms with van der Waals surface area (Å²) in [5.41, 5.74) is 3.08. The number of aliphatic hydroxyl groups excluding tert-OH is 1. The molecule has 82 valence electrons. The Labute approximate surface area is 89.3 Å². The van der Waals surface area contributed by atoms with E-state index in [2.05, 4.69) is 10.6 Å². The molecule has 0 atom stereocenters. The van der Waals surface area contributed by atoms with Gasteiger partial charge in [-0.1, -0.05) is 6.07 Å². The molecule has 0 aliphatic heterocycles. The fourth-order valence-corrected chi connectivity index (χ4v) is 1.16. The second-order valence-corrected chi connectivity index (χ2v) is 3.40. The SMILES string of the molecule is Cc1ccc(NC(=O)NCCO)cc1C. The second kappa shape index (κ2) is 5.36. The maximum Gasteiger partial charge on any atom is 0.319 e. The van der Waals surface area contributed by atoms with E-state index in [0.29, 0.717) is 0 Å². The molecule has 0 aliphatic rings. The molecule has 0 bridgehead atoms. The molecule has 1 aromatic carbocycles. The van der Waals surface area contributed by atoms with E-state index in [4.69, 9.17) is 5.11 Å². The number of aryl methyl sites for hydroxylation is 2. The first kappa shape index (κ1) is 11.5. The predicted molar refractivity (Wildman–Crippen MR) is 60.0 cm³/mol. The number of carbonyl (C=O) groups is 1. The first-order valence-corrected chi connectivity index (χ1v) is 4.86. The van der Waals surface area contributed by atoms with Crippen molar-refractivity contribution in [3.8, 4) is 0 Å². The number of rotatable bonds is 3. The summed E-state index contributed by atoms with van der Waals surface area (Å²) in [5.74, 6) is 0. The topological polar surface area (TPSA) is 61.4 Å². The van der Waals surface area contributed by atoms with Crippen molar-refractivity contribution >= 4 is 11.7 Å². The molecule has 1 rings (SSSR count). The number of benzene rings is 1. The minimum Gasteiger partial charge on any atom is -0.395 e. The Bertz CT molecular complexity index is 350. The summed E-state index contributed by atoms with van der Waals surface area (Å²) in [6, 6.07) is 5.42. The van der Waals surface area contributed by atoms with Crippen LogP contribution < -0.4 is 10.6 Å². The maximum atomic E-state index is 11.2. The van der Waals surface area contributed by atoms with Crippen molar-refractivity contribution < 1.29 is 9.90 Å². The number of aliphatic hydroxyl groups is 1. The fraction of sp³-hybridized carbons (Fsp3) is 0.364. The van der Waals surface area contributed by atoms with Crippen molar-refractivity contribution in [1.82, 2.24) is 5.32 Å². The van der Waals surface area contributed by atoms with Crippen LogP contribution in [0.1, 0.15) is 11.1 Å². The van der Waals surface area contributed by atoms with Crippen LogP contribution in [0.4, 0.5) is 10.5 Å².